The number of nitrogens with zero attached hydrogens (tertiary/aromatic N) is 2. The molecule has 0 saturated carbocycles. The van der Waals surface area contributed by atoms with Crippen LogP contribution in [0.5, 0.6) is 0 Å². The molecule has 0 aliphatic heterocycles. The minimum Gasteiger partial charge on any atom is -0.389 e. The third kappa shape index (κ3) is 2.88. The lowest BCUT2D eigenvalue weighted by Gasteiger charge is -2.19. The van der Waals surface area contributed by atoms with E-state index in [0.717, 1.165) is 10.2 Å². The molecule has 0 aromatic carbocycles. The molecule has 0 saturated heterocycles. The smallest absolute Gasteiger partial charge is 0.190 e. The number of rotatable bonds is 4. The predicted molar refractivity (Wildman–Crippen MR) is 73.5 cm³/mol. The Morgan fingerprint density at radius 2 is 2.29 bits per heavy atom. The van der Waals surface area contributed by atoms with Crippen molar-refractivity contribution in [3.8, 4) is 0 Å². The maximum Gasteiger partial charge on any atom is 0.190 e. The molecule has 2 heterocycles. The maximum atomic E-state index is 9.92. The average molecular weight is 269 g/mol. The van der Waals surface area contributed by atoms with E-state index in [9.17, 15) is 5.11 Å². The van der Waals surface area contributed by atoms with Crippen molar-refractivity contribution in [2.24, 2.45) is 0 Å². The molecule has 2 aromatic heterocycles. The van der Waals surface area contributed by atoms with Crippen molar-refractivity contribution in [1.82, 2.24) is 9.97 Å². The van der Waals surface area contributed by atoms with E-state index in [1.807, 2.05) is 25.3 Å². The number of hydrogen-bond acceptors (Lipinski definition) is 6. The standard InChI is InChI=1S/C11H15N3OS2/c1-3-11(2,15)6-17-10-13-8(12)7-4-5-16-9(7)14-10/h4-5,15H,3,6H2,1-2H3,(H2,12,13,14). The lowest BCUT2D eigenvalue weighted by Crippen LogP contribution is -2.25. The van der Waals surface area contributed by atoms with Gasteiger partial charge in [0.25, 0.3) is 0 Å². The van der Waals surface area contributed by atoms with Gasteiger partial charge in [0.2, 0.25) is 0 Å². The van der Waals surface area contributed by atoms with Crippen LogP contribution in [-0.2, 0) is 0 Å². The van der Waals surface area contributed by atoms with Crippen LogP contribution in [0.15, 0.2) is 16.6 Å². The summed E-state index contributed by atoms with van der Waals surface area (Å²) in [7, 11) is 0. The zero-order valence-corrected chi connectivity index (χ0v) is 11.4. The summed E-state index contributed by atoms with van der Waals surface area (Å²) in [6.07, 6.45) is 0.705. The Morgan fingerprint density at radius 3 is 3.00 bits per heavy atom. The summed E-state index contributed by atoms with van der Waals surface area (Å²) in [6.45, 7) is 3.77. The van der Waals surface area contributed by atoms with E-state index in [4.69, 9.17) is 5.73 Å². The second-order valence-corrected chi connectivity index (χ2v) is 6.01. The van der Waals surface area contributed by atoms with Crippen LogP contribution in [-0.4, -0.2) is 26.4 Å². The van der Waals surface area contributed by atoms with Gasteiger partial charge in [-0.1, -0.05) is 18.7 Å². The first-order chi connectivity index (χ1) is 8.02. The van der Waals surface area contributed by atoms with Crippen molar-refractivity contribution in [2.45, 2.75) is 31.0 Å². The Hall–Kier alpha value is -0.850. The lowest BCUT2D eigenvalue weighted by molar-refractivity contribution is 0.0815. The highest BCUT2D eigenvalue weighted by atomic mass is 32.2. The molecule has 0 aliphatic carbocycles. The van der Waals surface area contributed by atoms with Crippen molar-refractivity contribution in [1.29, 1.82) is 0 Å². The number of aromatic nitrogens is 2. The third-order valence-corrected chi connectivity index (χ3v) is 4.62. The van der Waals surface area contributed by atoms with Crippen LogP contribution in [0.3, 0.4) is 0 Å². The van der Waals surface area contributed by atoms with Crippen molar-refractivity contribution < 1.29 is 5.11 Å². The van der Waals surface area contributed by atoms with E-state index < -0.39 is 5.60 Å². The Bertz CT molecular complexity index is 524. The van der Waals surface area contributed by atoms with Gasteiger partial charge in [0, 0.05) is 5.75 Å². The average Bonchev–Trinajstić information content (AvgIpc) is 2.75. The van der Waals surface area contributed by atoms with Crippen LogP contribution < -0.4 is 5.73 Å². The van der Waals surface area contributed by atoms with E-state index in [-0.39, 0.29) is 0 Å². The van der Waals surface area contributed by atoms with Crippen molar-refractivity contribution in [2.75, 3.05) is 11.5 Å². The molecule has 3 N–H and O–H groups in total. The molecular weight excluding hydrogens is 254 g/mol. The molecule has 2 aromatic rings. The van der Waals surface area contributed by atoms with Gasteiger partial charge in [0.1, 0.15) is 10.6 Å². The highest BCUT2D eigenvalue weighted by Crippen LogP contribution is 2.28. The summed E-state index contributed by atoms with van der Waals surface area (Å²) in [5.41, 5.74) is 5.17. The first kappa shape index (κ1) is 12.6. The van der Waals surface area contributed by atoms with Gasteiger partial charge < -0.3 is 10.8 Å². The molecule has 17 heavy (non-hydrogen) atoms. The third-order valence-electron chi connectivity index (χ3n) is 2.61. The topological polar surface area (TPSA) is 72.0 Å². The van der Waals surface area contributed by atoms with Crippen LogP contribution in [0.1, 0.15) is 20.3 Å². The number of thiophene rings is 1. The van der Waals surface area contributed by atoms with Crippen LogP contribution in [0.25, 0.3) is 10.2 Å². The molecule has 0 bridgehead atoms. The minimum atomic E-state index is -0.687. The zero-order chi connectivity index (χ0) is 12.5. The van der Waals surface area contributed by atoms with Gasteiger partial charge in [0.15, 0.2) is 5.16 Å². The molecule has 0 fully saturated rings. The Balaban J connectivity index is 2.19. The second-order valence-electron chi connectivity index (χ2n) is 4.17. The van der Waals surface area contributed by atoms with Gasteiger partial charge in [-0.25, -0.2) is 9.97 Å². The molecular formula is C11H15N3OS2. The first-order valence-corrected chi connectivity index (χ1v) is 7.24. The van der Waals surface area contributed by atoms with Crippen LogP contribution in [0.4, 0.5) is 5.82 Å². The van der Waals surface area contributed by atoms with Gasteiger partial charge in [-0.05, 0) is 24.8 Å². The van der Waals surface area contributed by atoms with Crippen LogP contribution in [0.2, 0.25) is 0 Å². The molecule has 4 nitrogen and oxygen atoms in total. The fourth-order valence-corrected chi connectivity index (χ4v) is 3.04. The molecule has 0 aliphatic rings. The van der Waals surface area contributed by atoms with E-state index >= 15 is 0 Å². The summed E-state index contributed by atoms with van der Waals surface area (Å²) in [4.78, 5) is 9.55. The van der Waals surface area contributed by atoms with Crippen molar-refractivity contribution in [3.05, 3.63) is 11.4 Å². The van der Waals surface area contributed by atoms with E-state index in [1.165, 1.54) is 11.8 Å². The van der Waals surface area contributed by atoms with Gasteiger partial charge in [0.05, 0.1) is 11.0 Å². The highest BCUT2D eigenvalue weighted by Gasteiger charge is 2.19. The summed E-state index contributed by atoms with van der Waals surface area (Å²) in [6, 6.07) is 1.92. The SMILES string of the molecule is CCC(C)(O)CSc1nc(N)c2ccsc2n1. The monoisotopic (exact) mass is 269 g/mol. The normalized spacial score (nSPS) is 15.0. The number of nitrogen functional groups attached to an aromatic ring is 1. The van der Waals surface area contributed by atoms with Gasteiger partial charge in [-0.2, -0.15) is 0 Å². The largest absolute Gasteiger partial charge is 0.389 e. The molecule has 0 radical (unpaired) electrons. The molecule has 2 rings (SSSR count). The molecule has 1 atom stereocenters. The van der Waals surface area contributed by atoms with E-state index in [0.29, 0.717) is 23.1 Å². The maximum absolute atomic E-state index is 9.92. The molecule has 1 unspecified atom stereocenters. The summed E-state index contributed by atoms with van der Waals surface area (Å²) in [5.74, 6) is 1.08. The molecule has 92 valence electrons. The zero-order valence-electron chi connectivity index (χ0n) is 9.80. The molecule has 6 heteroatoms. The van der Waals surface area contributed by atoms with Crippen LogP contribution in [0, 0.1) is 0 Å². The predicted octanol–water partition coefficient (Wildman–Crippen LogP) is 2.53. The van der Waals surface area contributed by atoms with E-state index in [1.54, 1.807) is 11.3 Å². The quantitative estimate of drug-likeness (QED) is 0.659. The summed E-state index contributed by atoms with van der Waals surface area (Å²) >= 11 is 2.99. The summed E-state index contributed by atoms with van der Waals surface area (Å²) < 4.78 is 0. The fraction of sp³-hybridized carbons (Fsp3) is 0.455. The number of fused-ring (bicyclic) bond motifs is 1. The number of aliphatic hydroxyl groups is 1. The fourth-order valence-electron chi connectivity index (χ4n) is 1.24. The summed E-state index contributed by atoms with van der Waals surface area (Å²) in [5, 5.41) is 13.4. The van der Waals surface area contributed by atoms with Gasteiger partial charge in [-0.3, -0.25) is 0 Å². The molecule has 0 spiro atoms. The molecule has 0 amide bonds. The Morgan fingerprint density at radius 1 is 1.53 bits per heavy atom. The van der Waals surface area contributed by atoms with Crippen molar-refractivity contribution in [3.63, 3.8) is 0 Å². The minimum absolute atomic E-state index is 0.509. The Kier molecular flexibility index (Phi) is 3.56. The van der Waals surface area contributed by atoms with E-state index in [2.05, 4.69) is 9.97 Å². The first-order valence-electron chi connectivity index (χ1n) is 5.38. The number of thioether (sulfide) groups is 1. The Labute approximate surface area is 108 Å². The lowest BCUT2D eigenvalue weighted by atomic mass is 10.1. The van der Waals surface area contributed by atoms with Crippen molar-refractivity contribution >= 4 is 39.1 Å². The number of nitrogens with two attached hydrogens (primary N) is 1. The number of hydrogen-bond donors (Lipinski definition) is 2. The highest BCUT2D eigenvalue weighted by molar-refractivity contribution is 7.99. The second kappa shape index (κ2) is 4.80. The van der Waals surface area contributed by atoms with Gasteiger partial charge >= 0.3 is 0 Å². The van der Waals surface area contributed by atoms with Crippen LogP contribution >= 0.6 is 23.1 Å². The van der Waals surface area contributed by atoms with Gasteiger partial charge in [-0.15, -0.1) is 11.3 Å². The number of anilines is 1.